The molecule has 3 N–H and O–H groups in total. The second kappa shape index (κ2) is 9.64. The molecule has 0 radical (unpaired) electrons. The third kappa shape index (κ3) is 4.94. The molecule has 0 unspecified atom stereocenters. The molecule has 2 fully saturated rings. The number of halogens is 1. The molecule has 3 aromatic rings. The van der Waals surface area contributed by atoms with Crippen LogP contribution < -0.4 is 15.4 Å². The van der Waals surface area contributed by atoms with E-state index in [1.54, 1.807) is 27.6 Å². The minimum Gasteiger partial charge on any atom is -0.353 e. The molecule has 1 aromatic carbocycles. The van der Waals surface area contributed by atoms with E-state index < -0.39 is 10.0 Å². The van der Waals surface area contributed by atoms with E-state index in [4.69, 9.17) is 15.8 Å². The van der Waals surface area contributed by atoms with Gasteiger partial charge in [0.2, 0.25) is 10.0 Å². The maximum Gasteiger partial charge on any atom is 0.256 e. The first-order chi connectivity index (χ1) is 17.1. The van der Waals surface area contributed by atoms with Crippen LogP contribution >= 0.6 is 15.9 Å². The largest absolute Gasteiger partial charge is 0.353 e. The van der Waals surface area contributed by atoms with Crippen LogP contribution in [0.25, 0.3) is 5.65 Å². The summed E-state index contributed by atoms with van der Waals surface area (Å²) in [6.45, 7) is 4.25. The van der Waals surface area contributed by atoms with Crippen LogP contribution in [0.5, 0.6) is 0 Å². The van der Waals surface area contributed by atoms with E-state index >= 15 is 0 Å². The number of fused-ring (bicyclic) bond motifs is 1. The normalized spacial score (nSPS) is 20.8. The van der Waals surface area contributed by atoms with Gasteiger partial charge in [0.05, 0.1) is 35.4 Å². The number of piperidine rings is 1. The van der Waals surface area contributed by atoms with E-state index in [2.05, 4.69) is 25.6 Å². The first kappa shape index (κ1) is 25.0. The Morgan fingerprint density at radius 1 is 1.22 bits per heavy atom. The van der Waals surface area contributed by atoms with Crippen molar-refractivity contribution in [2.45, 2.75) is 44.7 Å². The lowest BCUT2D eigenvalue weighted by molar-refractivity contribution is 0.0607. The third-order valence-corrected chi connectivity index (χ3v) is 8.03. The van der Waals surface area contributed by atoms with E-state index in [-0.39, 0.29) is 23.7 Å². The molecule has 10 nitrogen and oxygen atoms in total. The Kier molecular flexibility index (Phi) is 6.69. The highest BCUT2D eigenvalue weighted by molar-refractivity contribution is 9.10. The number of amides is 1. The maximum atomic E-state index is 13.8. The lowest BCUT2D eigenvalue weighted by Crippen LogP contribution is -2.39. The van der Waals surface area contributed by atoms with Crippen molar-refractivity contribution in [1.82, 2.24) is 19.5 Å². The van der Waals surface area contributed by atoms with Crippen molar-refractivity contribution in [3.05, 3.63) is 51.8 Å². The predicted molar refractivity (Wildman–Crippen MR) is 143 cm³/mol. The number of rotatable bonds is 5. The van der Waals surface area contributed by atoms with Gasteiger partial charge in [-0.2, -0.15) is 0 Å². The maximum absolute atomic E-state index is 13.8. The van der Waals surface area contributed by atoms with Crippen LogP contribution in [0.3, 0.4) is 0 Å². The van der Waals surface area contributed by atoms with Gasteiger partial charge in [-0.15, -0.1) is 5.10 Å². The molecule has 36 heavy (non-hydrogen) atoms. The fourth-order valence-corrected chi connectivity index (χ4v) is 6.29. The summed E-state index contributed by atoms with van der Waals surface area (Å²) >= 11 is 3.39. The van der Waals surface area contributed by atoms with E-state index in [1.807, 2.05) is 19.2 Å². The first-order valence-electron chi connectivity index (χ1n) is 12.1. The topological polar surface area (TPSA) is 126 Å². The molecule has 2 aliphatic rings. The zero-order valence-electron chi connectivity index (χ0n) is 20.3. The SMILES string of the molecule is Cc1cc2nc([C@H]3CCCCN3C(=O)c3cccc(Br)c3NS(C)(=O)=O)cn2nc1N1CC[C@H](N)C1. The van der Waals surface area contributed by atoms with E-state index in [0.717, 1.165) is 67.8 Å². The monoisotopic (exact) mass is 575 g/mol. The zero-order chi connectivity index (χ0) is 25.6. The van der Waals surface area contributed by atoms with Gasteiger partial charge in [0, 0.05) is 30.1 Å². The Balaban J connectivity index is 1.49. The Labute approximate surface area is 219 Å². The van der Waals surface area contributed by atoms with Gasteiger partial charge in [0.1, 0.15) is 0 Å². The summed E-state index contributed by atoms with van der Waals surface area (Å²) < 4.78 is 28.7. The summed E-state index contributed by atoms with van der Waals surface area (Å²) in [5.41, 5.74) is 9.19. The molecule has 0 spiro atoms. The lowest BCUT2D eigenvalue weighted by atomic mass is 9.98. The molecule has 192 valence electrons. The van der Waals surface area contributed by atoms with Crippen molar-refractivity contribution >= 4 is 49.0 Å². The number of anilines is 2. The molecule has 0 saturated carbocycles. The first-order valence-corrected chi connectivity index (χ1v) is 14.7. The molecule has 5 rings (SSSR count). The number of aromatic nitrogens is 3. The van der Waals surface area contributed by atoms with E-state index in [1.165, 1.54) is 0 Å². The zero-order valence-corrected chi connectivity index (χ0v) is 22.7. The molecular weight excluding hydrogens is 546 g/mol. The lowest BCUT2D eigenvalue weighted by Gasteiger charge is -2.35. The van der Waals surface area contributed by atoms with Crippen molar-refractivity contribution in [3.8, 4) is 0 Å². The predicted octanol–water partition coefficient (Wildman–Crippen LogP) is 3.08. The number of nitrogens with one attached hydrogen (secondary N) is 1. The van der Waals surface area contributed by atoms with Crippen LogP contribution in [0.1, 0.15) is 53.3 Å². The van der Waals surface area contributed by atoms with Crippen LogP contribution in [0.2, 0.25) is 0 Å². The van der Waals surface area contributed by atoms with Crippen LogP contribution in [0, 0.1) is 6.92 Å². The Morgan fingerprint density at radius 2 is 2.03 bits per heavy atom. The summed E-state index contributed by atoms with van der Waals surface area (Å²) in [7, 11) is -3.57. The van der Waals surface area contributed by atoms with Crippen LogP contribution in [0.4, 0.5) is 11.5 Å². The second-order valence-corrected chi connectivity index (χ2v) is 12.3. The Hall–Kier alpha value is -2.70. The van der Waals surface area contributed by atoms with Gasteiger partial charge in [-0.25, -0.2) is 17.9 Å². The van der Waals surface area contributed by atoms with Gasteiger partial charge >= 0.3 is 0 Å². The Bertz CT molecular complexity index is 1420. The van der Waals surface area contributed by atoms with Crippen molar-refractivity contribution in [3.63, 3.8) is 0 Å². The number of likely N-dealkylation sites (tertiary alicyclic amines) is 1. The number of aryl methyl sites for hydroxylation is 1. The molecular formula is C24H30BrN7O3S. The fraction of sp³-hybridized carbons (Fsp3) is 0.458. The molecule has 2 atom stereocenters. The molecule has 2 aliphatic heterocycles. The second-order valence-electron chi connectivity index (χ2n) is 9.66. The number of carbonyl (C=O) groups is 1. The van der Waals surface area contributed by atoms with Crippen molar-refractivity contribution in [2.75, 3.05) is 35.5 Å². The van der Waals surface area contributed by atoms with Gasteiger partial charge in [0.25, 0.3) is 5.91 Å². The molecule has 2 aromatic heterocycles. The summed E-state index contributed by atoms with van der Waals surface area (Å²) in [6, 6.07) is 7.02. The average molecular weight is 577 g/mol. The van der Waals surface area contributed by atoms with Crippen LogP contribution in [-0.2, 0) is 10.0 Å². The average Bonchev–Trinajstić information content (AvgIpc) is 3.44. The number of benzene rings is 1. The molecule has 4 heterocycles. The number of nitrogens with two attached hydrogens (primary N) is 1. The van der Waals surface area contributed by atoms with Gasteiger partial charge < -0.3 is 15.5 Å². The van der Waals surface area contributed by atoms with Gasteiger partial charge in [-0.05, 0) is 72.3 Å². The minimum absolute atomic E-state index is 0.155. The molecule has 2 saturated heterocycles. The van der Waals surface area contributed by atoms with Gasteiger partial charge in [-0.3, -0.25) is 9.52 Å². The number of carbonyl (C=O) groups excluding carboxylic acids is 1. The van der Waals surface area contributed by atoms with Gasteiger partial charge in [0.15, 0.2) is 11.5 Å². The number of imidazole rings is 1. The van der Waals surface area contributed by atoms with Crippen molar-refractivity contribution < 1.29 is 13.2 Å². The highest BCUT2D eigenvalue weighted by atomic mass is 79.9. The van der Waals surface area contributed by atoms with E-state index in [9.17, 15) is 13.2 Å². The van der Waals surface area contributed by atoms with Crippen molar-refractivity contribution in [2.24, 2.45) is 5.73 Å². The Morgan fingerprint density at radius 3 is 2.75 bits per heavy atom. The van der Waals surface area contributed by atoms with Gasteiger partial charge in [-0.1, -0.05) is 6.07 Å². The number of hydrogen-bond donors (Lipinski definition) is 2. The van der Waals surface area contributed by atoms with Crippen molar-refractivity contribution in [1.29, 1.82) is 0 Å². The summed E-state index contributed by atoms with van der Waals surface area (Å²) in [4.78, 5) is 22.6. The summed E-state index contributed by atoms with van der Waals surface area (Å²) in [5.74, 6) is 0.668. The highest BCUT2D eigenvalue weighted by Gasteiger charge is 2.32. The fourth-order valence-electron chi connectivity index (χ4n) is 5.10. The quantitative estimate of drug-likeness (QED) is 0.478. The molecule has 0 bridgehead atoms. The third-order valence-electron chi connectivity index (χ3n) is 6.79. The van der Waals surface area contributed by atoms with Crippen LogP contribution in [0.15, 0.2) is 34.9 Å². The van der Waals surface area contributed by atoms with Crippen LogP contribution in [-0.4, -0.2) is 65.8 Å². The molecule has 0 aliphatic carbocycles. The number of hydrogen-bond acceptors (Lipinski definition) is 7. The standard InChI is InChI=1S/C24H30BrN7O3S/c1-15-12-21-27-19(14-32(21)28-23(15)30-11-9-16(26)13-30)20-8-3-4-10-31(20)24(33)17-6-5-7-18(25)22(17)29-36(2,34)35/h5-7,12,14,16,20,29H,3-4,8-11,13,26H2,1-2H3/t16-,20+/m0/s1. The summed E-state index contributed by atoms with van der Waals surface area (Å²) in [5, 5.41) is 4.84. The summed E-state index contributed by atoms with van der Waals surface area (Å²) in [6.07, 6.45) is 6.53. The molecule has 12 heteroatoms. The molecule has 1 amide bonds. The number of para-hydroxylation sites is 1. The number of sulfonamides is 1. The minimum atomic E-state index is -3.57. The highest BCUT2D eigenvalue weighted by Crippen LogP contribution is 2.35. The van der Waals surface area contributed by atoms with E-state index in [0.29, 0.717) is 16.6 Å². The number of nitrogens with zero attached hydrogens (tertiary/aromatic N) is 5. The smallest absolute Gasteiger partial charge is 0.256 e.